The molecule has 0 spiro atoms. The van der Waals surface area contributed by atoms with Gasteiger partial charge in [-0.2, -0.15) is 5.09 Å². The molecule has 14 nitrogen and oxygen atoms in total. The molecule has 1 aromatic carbocycles. The lowest BCUT2D eigenvalue weighted by Gasteiger charge is -2.36. The number of amides is 1. The number of esters is 1. The number of halogens is 1. The van der Waals surface area contributed by atoms with Gasteiger partial charge in [-0.05, 0) is 52.8 Å². The van der Waals surface area contributed by atoms with Gasteiger partial charge in [-0.3, -0.25) is 14.6 Å². The Kier molecular flexibility index (Phi) is 10.9. The number of nitrogens with one attached hydrogen (secondary N) is 2. The first-order valence-corrected chi connectivity index (χ1v) is 14.4. The molecule has 0 saturated carbocycles. The number of benzene rings is 1. The number of hydrogen-bond acceptors (Lipinski definition) is 12. The number of para-hydroxylation sites is 1. The molecule has 7 atom stereocenters. The number of carbonyl (C=O) groups excluding carboxylic acids is 2. The molecular weight excluding hydrogens is 566 g/mol. The lowest BCUT2D eigenvalue weighted by molar-refractivity contribution is -0.149. The normalized spacial score (nSPS) is 28.0. The van der Waals surface area contributed by atoms with Gasteiger partial charge in [0, 0.05) is 6.20 Å². The zero-order valence-electron chi connectivity index (χ0n) is 23.3. The molecule has 2 aliphatic rings. The highest BCUT2D eigenvalue weighted by Gasteiger charge is 2.57. The minimum atomic E-state index is -4.32. The number of aliphatic hydroxyl groups is 2. The molecular formula is C25H36FN4O10P. The van der Waals surface area contributed by atoms with E-state index in [0.717, 1.165) is 11.8 Å². The first-order valence-electron chi connectivity index (χ1n) is 12.9. The molecule has 4 N–H and O–H groups in total. The molecule has 1 fully saturated rings. The second kappa shape index (κ2) is 13.7. The van der Waals surface area contributed by atoms with Crippen LogP contribution in [0.3, 0.4) is 0 Å². The number of aliphatic hydroxyl groups excluding tert-OH is 2. The average molecular weight is 603 g/mol. The van der Waals surface area contributed by atoms with Gasteiger partial charge in [0.15, 0.2) is 11.9 Å². The maximum Gasteiger partial charge on any atom is 0.459 e. The van der Waals surface area contributed by atoms with Crippen LogP contribution in [0.1, 0.15) is 34.6 Å². The molecule has 1 aromatic rings. The average Bonchev–Trinajstić information content (AvgIpc) is 3.11. The first kappa shape index (κ1) is 32.4. The largest absolute Gasteiger partial charge is 0.462 e. The highest BCUT2D eigenvalue weighted by Crippen LogP contribution is 2.46. The van der Waals surface area contributed by atoms with Crippen molar-refractivity contribution in [1.29, 1.82) is 0 Å². The van der Waals surface area contributed by atoms with Crippen LogP contribution in [0.25, 0.3) is 0 Å². The van der Waals surface area contributed by atoms with Crippen molar-refractivity contribution in [1.82, 2.24) is 15.3 Å². The lowest BCUT2D eigenvalue weighted by Crippen LogP contribution is -2.52. The molecule has 1 amide bonds. The second-order valence-corrected chi connectivity index (χ2v) is 11.3. The molecule has 3 rings (SSSR count). The number of alkyl carbamates (subject to hydrolysis) is 1. The van der Waals surface area contributed by atoms with Gasteiger partial charge >= 0.3 is 19.8 Å². The van der Waals surface area contributed by atoms with Gasteiger partial charge in [0.1, 0.15) is 29.8 Å². The van der Waals surface area contributed by atoms with E-state index in [1.165, 1.54) is 31.3 Å². The maximum absolute atomic E-state index is 15.8. The Morgan fingerprint density at radius 3 is 2.54 bits per heavy atom. The summed E-state index contributed by atoms with van der Waals surface area (Å²) in [6.45, 7) is 6.87. The number of hydrogen-bond donors (Lipinski definition) is 4. The third kappa shape index (κ3) is 8.47. The Bertz CT molecular complexity index is 1170. The van der Waals surface area contributed by atoms with Crippen LogP contribution >= 0.6 is 7.75 Å². The topological polar surface area (TPSA) is 177 Å². The van der Waals surface area contributed by atoms with Crippen molar-refractivity contribution in [3.05, 3.63) is 42.6 Å². The number of ether oxygens (including phenoxy) is 3. The van der Waals surface area contributed by atoms with E-state index in [-0.39, 0.29) is 18.2 Å². The van der Waals surface area contributed by atoms with Gasteiger partial charge in [-0.25, -0.2) is 18.7 Å². The molecule has 228 valence electrons. The van der Waals surface area contributed by atoms with E-state index in [0.29, 0.717) is 0 Å². The Morgan fingerprint density at radius 2 is 1.93 bits per heavy atom. The fourth-order valence-electron chi connectivity index (χ4n) is 3.89. The summed E-state index contributed by atoms with van der Waals surface area (Å²) in [7, 11) is -4.32. The van der Waals surface area contributed by atoms with Gasteiger partial charge in [0.25, 0.3) is 0 Å². The first-order chi connectivity index (χ1) is 19.3. The van der Waals surface area contributed by atoms with E-state index in [2.05, 4.69) is 15.4 Å². The summed E-state index contributed by atoms with van der Waals surface area (Å²) >= 11 is 0. The van der Waals surface area contributed by atoms with Crippen molar-refractivity contribution in [2.75, 3.05) is 13.2 Å². The van der Waals surface area contributed by atoms with E-state index >= 15 is 4.39 Å². The smallest absolute Gasteiger partial charge is 0.459 e. The van der Waals surface area contributed by atoms with Crippen LogP contribution in [0.15, 0.2) is 47.6 Å². The quantitative estimate of drug-likeness (QED) is 0.215. The van der Waals surface area contributed by atoms with Crippen LogP contribution < -0.4 is 14.9 Å². The molecule has 16 heteroatoms. The SMILES string of the molecule is CCOC(=O)NC1=NC(O)N([C@@H]2O[C@H](CO[P@@](=O)(N[C@@H](C)C(=O)OC(C)C)Oc3ccccc3)[C@@H](O)[C@@]2(C)F)C=C1. The van der Waals surface area contributed by atoms with Gasteiger partial charge in [-0.15, -0.1) is 0 Å². The Morgan fingerprint density at radius 1 is 1.24 bits per heavy atom. The molecule has 0 aromatic heterocycles. The summed E-state index contributed by atoms with van der Waals surface area (Å²) in [4.78, 5) is 28.8. The summed E-state index contributed by atoms with van der Waals surface area (Å²) in [6, 6.07) is 6.88. The predicted molar refractivity (Wildman–Crippen MR) is 143 cm³/mol. The van der Waals surface area contributed by atoms with Gasteiger partial charge in [0.05, 0.1) is 19.3 Å². The highest BCUT2D eigenvalue weighted by atomic mass is 31.2. The van der Waals surface area contributed by atoms with E-state index in [1.54, 1.807) is 39.0 Å². The Hall–Kier alpha value is -3.07. The van der Waals surface area contributed by atoms with Crippen molar-refractivity contribution < 1.29 is 52.0 Å². The minimum Gasteiger partial charge on any atom is -0.462 e. The van der Waals surface area contributed by atoms with Crippen molar-refractivity contribution in [3.8, 4) is 5.75 Å². The molecule has 0 radical (unpaired) electrons. The maximum atomic E-state index is 15.8. The summed E-state index contributed by atoms with van der Waals surface area (Å²) in [5.41, 5.74) is -2.47. The zero-order chi connectivity index (χ0) is 30.4. The summed E-state index contributed by atoms with van der Waals surface area (Å²) < 4.78 is 56.1. The fourth-order valence-corrected chi connectivity index (χ4v) is 5.40. The van der Waals surface area contributed by atoms with Crippen molar-refractivity contribution >= 4 is 25.6 Å². The number of carbonyl (C=O) groups is 2. The van der Waals surface area contributed by atoms with E-state index in [9.17, 15) is 24.4 Å². The Balaban J connectivity index is 1.72. The van der Waals surface area contributed by atoms with Crippen LogP contribution in [0.5, 0.6) is 5.75 Å². The van der Waals surface area contributed by atoms with E-state index in [1.807, 2.05) is 0 Å². The summed E-state index contributed by atoms with van der Waals surface area (Å²) in [5, 5.41) is 26.1. The van der Waals surface area contributed by atoms with Crippen LogP contribution in [0.4, 0.5) is 9.18 Å². The third-order valence-corrected chi connectivity index (χ3v) is 7.50. The predicted octanol–water partition coefficient (Wildman–Crippen LogP) is 2.18. The number of amidine groups is 1. The molecule has 2 aliphatic heterocycles. The fraction of sp³-hybridized carbons (Fsp3) is 0.560. The molecule has 41 heavy (non-hydrogen) atoms. The van der Waals surface area contributed by atoms with E-state index < -0.39 is 69.0 Å². The number of rotatable bonds is 11. The molecule has 2 heterocycles. The zero-order valence-corrected chi connectivity index (χ0v) is 24.2. The van der Waals surface area contributed by atoms with Crippen molar-refractivity contribution in [2.45, 2.75) is 77.2 Å². The van der Waals surface area contributed by atoms with Crippen molar-refractivity contribution in [2.24, 2.45) is 4.99 Å². The molecule has 1 saturated heterocycles. The van der Waals surface area contributed by atoms with Crippen LogP contribution in [0.2, 0.25) is 0 Å². The lowest BCUT2D eigenvalue weighted by atomic mass is 9.98. The van der Waals surface area contributed by atoms with Gasteiger partial charge < -0.3 is 33.8 Å². The van der Waals surface area contributed by atoms with Gasteiger partial charge in [-0.1, -0.05) is 18.2 Å². The van der Waals surface area contributed by atoms with Crippen LogP contribution in [0, 0.1) is 0 Å². The number of alkyl halides is 1. The monoisotopic (exact) mass is 602 g/mol. The summed E-state index contributed by atoms with van der Waals surface area (Å²) in [6.07, 6.45) is -5.15. The Labute approximate surface area is 237 Å². The van der Waals surface area contributed by atoms with Crippen LogP contribution in [-0.4, -0.2) is 88.8 Å². The van der Waals surface area contributed by atoms with Crippen molar-refractivity contribution in [3.63, 3.8) is 0 Å². The molecule has 0 bridgehead atoms. The standard InChI is InChI=1S/C25H36FN4O10P/c1-6-36-24(34)28-19-12-13-30(23(33)27-19)22-25(5,26)20(31)18(39-22)14-37-41(35,40-17-10-8-7-9-11-17)29-16(4)21(32)38-15(2)3/h7-13,15-16,18,20,22-23,31,33H,6,14H2,1-5H3,(H,29,35)(H,27,28,34)/t16-,18+,20+,22+,23?,25+,41-/m0/s1. The minimum absolute atomic E-state index is 0.0404. The second-order valence-electron chi connectivity index (χ2n) is 9.63. The summed E-state index contributed by atoms with van der Waals surface area (Å²) in [5.74, 6) is -0.598. The van der Waals surface area contributed by atoms with Crippen LogP contribution in [-0.2, 0) is 28.1 Å². The van der Waals surface area contributed by atoms with E-state index in [4.69, 9.17) is 23.3 Å². The molecule has 0 aliphatic carbocycles. The number of aliphatic imine (C=N–C) groups is 1. The molecule has 1 unspecified atom stereocenters. The number of nitrogens with zero attached hydrogens (tertiary/aromatic N) is 2. The highest BCUT2D eigenvalue weighted by molar-refractivity contribution is 7.52. The van der Waals surface area contributed by atoms with Gasteiger partial charge in [0.2, 0.25) is 6.35 Å². The third-order valence-electron chi connectivity index (χ3n) is 5.85.